The predicted octanol–water partition coefficient (Wildman–Crippen LogP) is 2.06. The highest BCUT2D eigenvalue weighted by Crippen LogP contribution is 2.13. The lowest BCUT2D eigenvalue weighted by Gasteiger charge is -2.21. The average Bonchev–Trinajstić information content (AvgIpc) is 2.88. The third-order valence-corrected chi connectivity index (χ3v) is 5.20. The highest BCUT2D eigenvalue weighted by atomic mass is 35.5. The molecule has 14 nitrogen and oxygen atoms in total. The van der Waals surface area contributed by atoms with Crippen molar-refractivity contribution in [3.05, 3.63) is 101 Å². The molecule has 0 aromatic carbocycles. The van der Waals surface area contributed by atoms with Crippen LogP contribution in [-0.2, 0) is 22.7 Å². The number of halogens is 2. The Hall–Kier alpha value is -4.30. The molecule has 0 aliphatic carbocycles. The van der Waals surface area contributed by atoms with Gasteiger partial charge in [-0.15, -0.1) is 0 Å². The number of rotatable bonds is 12. The quantitative estimate of drug-likeness (QED) is 0.125. The molecule has 0 amide bonds. The summed E-state index contributed by atoms with van der Waals surface area (Å²) >= 11 is 11.3. The highest BCUT2D eigenvalue weighted by Gasteiger charge is 2.21. The van der Waals surface area contributed by atoms with Crippen LogP contribution in [0.2, 0.25) is 10.3 Å². The summed E-state index contributed by atoms with van der Waals surface area (Å²) in [5.41, 5.74) is 0.584. The number of hydrogen-bond acceptors (Lipinski definition) is 12. The number of nitro groups is 2. The smallest absolute Gasteiger partial charge is 0.348 e. The molecule has 2 rings (SSSR count). The normalized spacial score (nSPS) is 11.5. The number of aromatic nitrogens is 2. The summed E-state index contributed by atoms with van der Waals surface area (Å²) in [6, 6.07) is 6.76. The van der Waals surface area contributed by atoms with Gasteiger partial charge >= 0.3 is 11.4 Å². The second-order valence-electron chi connectivity index (χ2n) is 7.41. The van der Waals surface area contributed by atoms with E-state index in [0.29, 0.717) is 23.4 Å². The van der Waals surface area contributed by atoms with Gasteiger partial charge in [0.05, 0.1) is 9.85 Å². The lowest BCUT2D eigenvalue weighted by Crippen LogP contribution is -2.29. The van der Waals surface area contributed by atoms with Crippen LogP contribution >= 0.6 is 23.2 Å². The van der Waals surface area contributed by atoms with Crippen LogP contribution in [0.15, 0.2) is 59.7 Å². The molecule has 0 aliphatic heterocycles. The largest absolute Gasteiger partial charge is 0.369 e. The summed E-state index contributed by atoms with van der Waals surface area (Å²) < 4.78 is 0. The molecule has 16 heteroatoms. The van der Waals surface area contributed by atoms with E-state index >= 15 is 0 Å². The van der Waals surface area contributed by atoms with Gasteiger partial charge in [-0.2, -0.15) is 0 Å². The fourth-order valence-corrected chi connectivity index (χ4v) is 3.33. The van der Waals surface area contributed by atoms with Gasteiger partial charge in [0, 0.05) is 53.7 Å². The zero-order valence-corrected chi connectivity index (χ0v) is 22.4. The van der Waals surface area contributed by atoms with E-state index in [-0.39, 0.29) is 24.2 Å². The average molecular weight is 569 g/mol. The van der Waals surface area contributed by atoms with Crippen molar-refractivity contribution >= 4 is 35.8 Å². The summed E-state index contributed by atoms with van der Waals surface area (Å²) in [5.74, 6) is 0.268. The first-order valence-electron chi connectivity index (χ1n) is 10.6. The van der Waals surface area contributed by atoms with Crippen LogP contribution in [0, 0.1) is 20.2 Å². The van der Waals surface area contributed by atoms with Crippen LogP contribution in [0.5, 0.6) is 0 Å². The van der Waals surface area contributed by atoms with Crippen molar-refractivity contribution in [3.63, 3.8) is 0 Å². The van der Waals surface area contributed by atoms with Gasteiger partial charge in [0.15, 0.2) is 11.6 Å². The topological polar surface area (TPSA) is 177 Å². The van der Waals surface area contributed by atoms with Crippen LogP contribution in [0.1, 0.15) is 11.1 Å². The molecule has 2 heterocycles. The monoisotopic (exact) mass is 568 g/mol. The Bertz CT molecular complexity index is 1100. The molecule has 0 aliphatic rings. The first-order chi connectivity index (χ1) is 18.0. The standard InChI is InChI=1S/2C11H13ClN4O3/c2*1-13-11(9(7-17)16(18)19)15(2)6-8-3-4-10(12)14-5-8/h2*3-5,7,13H,6H2,1-2H3/b11-9+;11-9-. The maximum atomic E-state index is 10.8. The van der Waals surface area contributed by atoms with Crippen LogP contribution in [0.25, 0.3) is 0 Å². The molecule has 0 radical (unpaired) electrons. The van der Waals surface area contributed by atoms with Crippen molar-refractivity contribution in [2.24, 2.45) is 0 Å². The van der Waals surface area contributed by atoms with Gasteiger partial charge in [-0.25, -0.2) is 9.97 Å². The fraction of sp³-hybridized carbons (Fsp3) is 0.273. The van der Waals surface area contributed by atoms with Crippen molar-refractivity contribution in [2.75, 3.05) is 28.2 Å². The van der Waals surface area contributed by atoms with Crippen molar-refractivity contribution in [2.45, 2.75) is 13.1 Å². The number of nitrogens with one attached hydrogen (secondary N) is 2. The number of allylic oxidation sites excluding steroid dienone is 2. The molecule has 0 saturated heterocycles. The molecular weight excluding hydrogens is 543 g/mol. The van der Waals surface area contributed by atoms with E-state index in [9.17, 15) is 29.8 Å². The van der Waals surface area contributed by atoms with Gasteiger partial charge in [-0.3, -0.25) is 29.8 Å². The molecule has 0 spiro atoms. The maximum absolute atomic E-state index is 10.8. The van der Waals surface area contributed by atoms with E-state index in [2.05, 4.69) is 20.6 Å². The van der Waals surface area contributed by atoms with E-state index in [0.717, 1.165) is 11.1 Å². The second-order valence-corrected chi connectivity index (χ2v) is 8.18. The maximum Gasteiger partial charge on any atom is 0.348 e. The minimum absolute atomic E-state index is 0.134. The van der Waals surface area contributed by atoms with Gasteiger partial charge in [-0.05, 0) is 23.3 Å². The summed E-state index contributed by atoms with van der Waals surface area (Å²) in [6.07, 6.45) is 3.56. The minimum atomic E-state index is -0.727. The molecule has 38 heavy (non-hydrogen) atoms. The molecule has 0 bridgehead atoms. The Labute approximate surface area is 228 Å². The van der Waals surface area contributed by atoms with E-state index in [1.54, 1.807) is 60.6 Å². The van der Waals surface area contributed by atoms with Gasteiger partial charge in [0.25, 0.3) is 0 Å². The molecular formula is C22H26Cl2N8O6. The Kier molecular flexibility index (Phi) is 13.1. The number of carbonyl (C=O) groups is 2. The molecule has 0 fully saturated rings. The molecule has 2 N–H and O–H groups in total. The SMILES string of the molecule is CN/C(=C(/C=O)[N+](=O)[O-])N(C)Cc1ccc(Cl)nc1.CN/C(=C(\C=O)[N+](=O)[O-])N(C)Cc1ccc(Cl)nc1. The molecule has 0 atom stereocenters. The Morgan fingerprint density at radius 1 is 0.816 bits per heavy atom. The summed E-state index contributed by atoms with van der Waals surface area (Å²) in [4.78, 5) is 52.5. The third kappa shape index (κ3) is 9.63. The van der Waals surface area contributed by atoms with Crippen LogP contribution < -0.4 is 10.6 Å². The van der Waals surface area contributed by atoms with E-state index < -0.39 is 21.2 Å². The van der Waals surface area contributed by atoms with Gasteiger partial charge in [0.1, 0.15) is 10.3 Å². The highest BCUT2D eigenvalue weighted by molar-refractivity contribution is 6.29. The van der Waals surface area contributed by atoms with Gasteiger partial charge in [-0.1, -0.05) is 35.3 Å². The number of hydrogen-bond donors (Lipinski definition) is 2. The Morgan fingerprint density at radius 3 is 1.37 bits per heavy atom. The summed E-state index contributed by atoms with van der Waals surface area (Å²) in [5, 5.41) is 27.5. The van der Waals surface area contributed by atoms with Crippen molar-refractivity contribution in [1.29, 1.82) is 0 Å². The van der Waals surface area contributed by atoms with Crippen LogP contribution in [-0.4, -0.2) is 70.4 Å². The van der Waals surface area contributed by atoms with E-state index in [1.807, 2.05) is 0 Å². The molecule has 2 aromatic rings. The molecule has 0 saturated carbocycles. The first kappa shape index (κ1) is 31.7. The Balaban J connectivity index is 0.000000380. The summed E-state index contributed by atoms with van der Waals surface area (Å²) in [7, 11) is 6.29. The van der Waals surface area contributed by atoms with Crippen LogP contribution in [0.4, 0.5) is 0 Å². The second kappa shape index (κ2) is 15.7. The fourth-order valence-electron chi connectivity index (χ4n) is 3.11. The van der Waals surface area contributed by atoms with Crippen LogP contribution in [0.3, 0.4) is 0 Å². The molecule has 204 valence electrons. The number of pyridine rings is 2. The van der Waals surface area contributed by atoms with Crippen molar-refractivity contribution < 1.29 is 19.4 Å². The molecule has 2 aromatic heterocycles. The number of aldehydes is 2. The van der Waals surface area contributed by atoms with Crippen molar-refractivity contribution in [1.82, 2.24) is 30.4 Å². The lowest BCUT2D eigenvalue weighted by molar-refractivity contribution is -0.419. The van der Waals surface area contributed by atoms with E-state index in [4.69, 9.17) is 23.2 Å². The number of carbonyl (C=O) groups excluding carboxylic acids is 2. The zero-order valence-electron chi connectivity index (χ0n) is 20.9. The predicted molar refractivity (Wildman–Crippen MR) is 140 cm³/mol. The Morgan fingerprint density at radius 2 is 1.16 bits per heavy atom. The number of nitrogens with zero attached hydrogens (tertiary/aromatic N) is 6. The first-order valence-corrected chi connectivity index (χ1v) is 11.4. The zero-order chi connectivity index (χ0) is 28.8. The van der Waals surface area contributed by atoms with Gasteiger partial charge in [0.2, 0.25) is 12.6 Å². The third-order valence-electron chi connectivity index (χ3n) is 4.76. The molecule has 0 unspecified atom stereocenters. The van der Waals surface area contributed by atoms with E-state index in [1.165, 1.54) is 14.1 Å². The van der Waals surface area contributed by atoms with Crippen molar-refractivity contribution in [3.8, 4) is 0 Å². The summed E-state index contributed by atoms with van der Waals surface area (Å²) in [6.45, 7) is 0.705. The van der Waals surface area contributed by atoms with Gasteiger partial charge < -0.3 is 20.4 Å². The minimum Gasteiger partial charge on any atom is -0.369 e. The lowest BCUT2D eigenvalue weighted by atomic mass is 10.2.